The summed E-state index contributed by atoms with van der Waals surface area (Å²) in [5.74, 6) is 6.22. The molecule has 0 saturated heterocycles. The Balaban J connectivity index is 2.70. The fourth-order valence-corrected chi connectivity index (χ4v) is 0.967. The van der Waals surface area contributed by atoms with Crippen molar-refractivity contribution in [3.63, 3.8) is 0 Å². The highest BCUT2D eigenvalue weighted by Crippen LogP contribution is 2.05. The number of aryl methyl sites for hydroxylation is 1. The number of anilines is 1. The van der Waals surface area contributed by atoms with Crippen LogP contribution in [-0.2, 0) is 0 Å². The second kappa shape index (κ2) is 5.53. The average molecular weight is 201 g/mol. The monoisotopic (exact) mass is 201 g/mol. The van der Waals surface area contributed by atoms with E-state index in [9.17, 15) is 0 Å². The summed E-state index contributed by atoms with van der Waals surface area (Å²) in [5.41, 5.74) is 15.2. The molecule has 5 heteroatoms. The minimum atomic E-state index is 0.380. The lowest BCUT2D eigenvalue weighted by Gasteiger charge is -1.97. The fraction of sp³-hybridized carbons (Fsp3) is 0.300. The molecular formula is C10H11N5. The number of hydrogen-bond acceptors (Lipinski definition) is 3. The summed E-state index contributed by atoms with van der Waals surface area (Å²) in [6.07, 6.45) is 0.528. The molecule has 1 rings (SSSR count). The van der Waals surface area contributed by atoms with Crippen LogP contribution in [0, 0.1) is 18.8 Å². The van der Waals surface area contributed by atoms with Crippen LogP contribution in [0.25, 0.3) is 10.4 Å². The molecular weight excluding hydrogens is 190 g/mol. The van der Waals surface area contributed by atoms with E-state index in [0.717, 1.165) is 5.56 Å². The molecule has 0 spiro atoms. The number of nitrogens with zero attached hydrogens (tertiary/aromatic N) is 4. The van der Waals surface area contributed by atoms with Gasteiger partial charge in [0.1, 0.15) is 11.5 Å². The Morgan fingerprint density at radius 3 is 3.13 bits per heavy atom. The number of pyridine rings is 1. The molecule has 1 aromatic rings. The summed E-state index contributed by atoms with van der Waals surface area (Å²) in [6, 6.07) is 3.61. The summed E-state index contributed by atoms with van der Waals surface area (Å²) in [4.78, 5) is 6.72. The average Bonchev–Trinajstić information content (AvgIpc) is 2.23. The van der Waals surface area contributed by atoms with Gasteiger partial charge in [-0.3, -0.25) is 0 Å². The van der Waals surface area contributed by atoms with Gasteiger partial charge in [-0.2, -0.15) is 0 Å². The van der Waals surface area contributed by atoms with Crippen LogP contribution in [0.5, 0.6) is 0 Å². The molecule has 0 saturated carbocycles. The maximum Gasteiger partial charge on any atom is 0.124 e. The van der Waals surface area contributed by atoms with Gasteiger partial charge in [-0.15, -0.1) is 0 Å². The molecule has 0 atom stereocenters. The minimum Gasteiger partial charge on any atom is -0.384 e. The SMILES string of the molecule is Cc1ccc(N)nc1C#CCCN=[N+]=[N-]. The van der Waals surface area contributed by atoms with Crippen LogP contribution < -0.4 is 5.73 Å². The Bertz CT molecular complexity index is 449. The van der Waals surface area contributed by atoms with Crippen molar-refractivity contribution in [1.82, 2.24) is 4.98 Å². The first-order chi connectivity index (χ1) is 7.24. The zero-order chi connectivity index (χ0) is 11.1. The van der Waals surface area contributed by atoms with Gasteiger partial charge >= 0.3 is 0 Å². The first-order valence-electron chi connectivity index (χ1n) is 4.47. The molecule has 0 radical (unpaired) electrons. The van der Waals surface area contributed by atoms with E-state index in [1.807, 2.05) is 13.0 Å². The Morgan fingerprint density at radius 1 is 1.60 bits per heavy atom. The smallest absolute Gasteiger partial charge is 0.124 e. The summed E-state index contributed by atoms with van der Waals surface area (Å²) >= 11 is 0. The standard InChI is InChI=1S/C10H11N5/c1-8-5-6-10(11)14-9(8)4-2-3-7-13-15-12/h5-6H,3,7H2,1H3,(H2,11,14). The van der Waals surface area contributed by atoms with Crippen LogP contribution in [-0.4, -0.2) is 11.5 Å². The lowest BCUT2D eigenvalue weighted by atomic mass is 10.2. The van der Waals surface area contributed by atoms with E-state index < -0.39 is 0 Å². The maximum atomic E-state index is 8.04. The lowest BCUT2D eigenvalue weighted by molar-refractivity contribution is 1.01. The van der Waals surface area contributed by atoms with Crippen molar-refractivity contribution in [1.29, 1.82) is 0 Å². The summed E-state index contributed by atoms with van der Waals surface area (Å²) < 4.78 is 0. The van der Waals surface area contributed by atoms with E-state index in [1.54, 1.807) is 6.07 Å². The van der Waals surface area contributed by atoms with Gasteiger partial charge in [0.25, 0.3) is 0 Å². The van der Waals surface area contributed by atoms with Crippen molar-refractivity contribution in [3.05, 3.63) is 33.8 Å². The molecule has 1 heterocycles. The predicted molar refractivity (Wildman–Crippen MR) is 58.9 cm³/mol. The van der Waals surface area contributed by atoms with Crippen molar-refractivity contribution in [3.8, 4) is 11.8 Å². The predicted octanol–water partition coefficient (Wildman–Crippen LogP) is 2.02. The molecule has 0 amide bonds. The second-order valence-corrected chi connectivity index (χ2v) is 2.91. The Labute approximate surface area is 87.9 Å². The van der Waals surface area contributed by atoms with E-state index >= 15 is 0 Å². The van der Waals surface area contributed by atoms with Crippen LogP contribution in [0.2, 0.25) is 0 Å². The van der Waals surface area contributed by atoms with Gasteiger partial charge in [-0.25, -0.2) is 4.98 Å². The fourth-order valence-electron chi connectivity index (χ4n) is 0.967. The molecule has 5 nitrogen and oxygen atoms in total. The topological polar surface area (TPSA) is 87.7 Å². The quantitative estimate of drug-likeness (QED) is 0.261. The van der Waals surface area contributed by atoms with E-state index in [0.29, 0.717) is 24.5 Å². The zero-order valence-electron chi connectivity index (χ0n) is 8.44. The third kappa shape index (κ3) is 3.59. The first kappa shape index (κ1) is 10.9. The molecule has 0 aliphatic carbocycles. The highest BCUT2D eigenvalue weighted by Gasteiger charge is 1.95. The zero-order valence-corrected chi connectivity index (χ0v) is 8.44. The van der Waals surface area contributed by atoms with Crippen LogP contribution in [0.15, 0.2) is 17.2 Å². The van der Waals surface area contributed by atoms with E-state index in [4.69, 9.17) is 11.3 Å². The number of hydrogen-bond donors (Lipinski definition) is 1. The molecule has 76 valence electrons. The van der Waals surface area contributed by atoms with E-state index in [2.05, 4.69) is 26.9 Å². The number of nitrogens with two attached hydrogens (primary N) is 1. The van der Waals surface area contributed by atoms with Crippen molar-refractivity contribution < 1.29 is 0 Å². The molecule has 15 heavy (non-hydrogen) atoms. The third-order valence-corrected chi connectivity index (χ3v) is 1.73. The Hall–Kier alpha value is -2.18. The van der Waals surface area contributed by atoms with Gasteiger partial charge in [0.2, 0.25) is 0 Å². The molecule has 0 aromatic carbocycles. The van der Waals surface area contributed by atoms with Gasteiger partial charge in [-0.05, 0) is 30.0 Å². The second-order valence-electron chi connectivity index (χ2n) is 2.91. The van der Waals surface area contributed by atoms with Gasteiger partial charge < -0.3 is 5.73 Å². The minimum absolute atomic E-state index is 0.380. The summed E-state index contributed by atoms with van der Waals surface area (Å²) in [7, 11) is 0. The molecule has 0 aliphatic rings. The first-order valence-corrected chi connectivity index (χ1v) is 4.47. The van der Waals surface area contributed by atoms with Crippen molar-refractivity contribution in [2.24, 2.45) is 5.11 Å². The van der Waals surface area contributed by atoms with Crippen molar-refractivity contribution in [2.75, 3.05) is 12.3 Å². The summed E-state index contributed by atoms with van der Waals surface area (Å²) in [6.45, 7) is 2.30. The van der Waals surface area contributed by atoms with Gasteiger partial charge in [-0.1, -0.05) is 17.1 Å². The largest absolute Gasteiger partial charge is 0.384 e. The van der Waals surface area contributed by atoms with Crippen LogP contribution in [0.3, 0.4) is 0 Å². The molecule has 2 N–H and O–H groups in total. The Kier molecular flexibility index (Phi) is 4.02. The molecule has 0 aliphatic heterocycles. The number of aromatic nitrogens is 1. The molecule has 0 fully saturated rings. The highest BCUT2D eigenvalue weighted by molar-refractivity contribution is 5.41. The highest BCUT2D eigenvalue weighted by atomic mass is 15.1. The lowest BCUT2D eigenvalue weighted by Crippen LogP contribution is -1.94. The van der Waals surface area contributed by atoms with Gasteiger partial charge in [0, 0.05) is 17.9 Å². The normalized spacial score (nSPS) is 8.60. The van der Waals surface area contributed by atoms with Crippen molar-refractivity contribution in [2.45, 2.75) is 13.3 Å². The van der Waals surface area contributed by atoms with Gasteiger partial charge in [0.05, 0.1) is 0 Å². The number of rotatable bonds is 2. The van der Waals surface area contributed by atoms with Crippen LogP contribution in [0.1, 0.15) is 17.7 Å². The van der Waals surface area contributed by atoms with E-state index in [1.165, 1.54) is 0 Å². The maximum absolute atomic E-state index is 8.04. The molecule has 0 unspecified atom stereocenters. The number of nitrogen functional groups attached to an aromatic ring is 1. The van der Waals surface area contributed by atoms with Crippen LogP contribution >= 0.6 is 0 Å². The molecule has 0 bridgehead atoms. The van der Waals surface area contributed by atoms with Crippen LogP contribution in [0.4, 0.5) is 5.82 Å². The van der Waals surface area contributed by atoms with Gasteiger partial charge in [0.15, 0.2) is 0 Å². The summed E-state index contributed by atoms with van der Waals surface area (Å²) in [5, 5.41) is 3.38. The van der Waals surface area contributed by atoms with E-state index in [-0.39, 0.29) is 0 Å². The Morgan fingerprint density at radius 2 is 2.40 bits per heavy atom. The molecule has 1 aromatic heterocycles. The van der Waals surface area contributed by atoms with Crippen molar-refractivity contribution >= 4 is 5.82 Å². The number of azide groups is 1. The third-order valence-electron chi connectivity index (χ3n) is 1.73.